The SMILES string of the molecule is O=C(O)C[C@@H](C(=O)O)c1ccc2c(c1)N[C@H](S)S2. The zero-order valence-corrected chi connectivity index (χ0v) is 10.9. The van der Waals surface area contributed by atoms with Gasteiger partial charge in [0.15, 0.2) is 0 Å². The fraction of sp³-hybridized carbons (Fsp3) is 0.273. The van der Waals surface area contributed by atoms with E-state index in [1.807, 2.05) is 0 Å². The minimum Gasteiger partial charge on any atom is -0.481 e. The monoisotopic (exact) mass is 285 g/mol. The average molecular weight is 285 g/mol. The van der Waals surface area contributed by atoms with E-state index < -0.39 is 24.3 Å². The standard InChI is InChI=1S/C11H11NO4S2/c13-9(14)4-6(10(15)16)5-1-2-8-7(3-5)12-11(17)18-8/h1-3,6,11-12,17H,4H2,(H,13,14)(H,15,16)/t6-,11-/m1/s1. The summed E-state index contributed by atoms with van der Waals surface area (Å²) >= 11 is 5.78. The van der Waals surface area contributed by atoms with Crippen molar-refractivity contribution in [1.82, 2.24) is 0 Å². The molecule has 1 aliphatic rings. The van der Waals surface area contributed by atoms with Gasteiger partial charge in [-0.05, 0) is 17.7 Å². The summed E-state index contributed by atoms with van der Waals surface area (Å²) in [4.78, 5) is 22.8. The van der Waals surface area contributed by atoms with Gasteiger partial charge in [-0.15, -0.1) is 12.6 Å². The first-order chi connectivity index (χ1) is 8.47. The maximum atomic E-state index is 11.1. The third kappa shape index (κ3) is 2.73. The number of thiol groups is 1. The molecule has 2 atom stereocenters. The normalized spacial score (nSPS) is 18.8. The summed E-state index contributed by atoms with van der Waals surface area (Å²) in [5.74, 6) is -3.29. The second-order valence-corrected chi connectivity index (χ2v) is 5.87. The lowest BCUT2D eigenvalue weighted by atomic mass is 9.95. The molecule has 1 aliphatic heterocycles. The van der Waals surface area contributed by atoms with Crippen LogP contribution in [0.1, 0.15) is 17.9 Å². The Labute approximate surface area is 113 Å². The molecule has 5 nitrogen and oxygen atoms in total. The van der Waals surface area contributed by atoms with Crippen molar-refractivity contribution in [3.05, 3.63) is 23.8 Å². The van der Waals surface area contributed by atoms with Gasteiger partial charge in [0.25, 0.3) is 0 Å². The van der Waals surface area contributed by atoms with Crippen molar-refractivity contribution in [3.63, 3.8) is 0 Å². The second kappa shape index (κ2) is 5.11. The van der Waals surface area contributed by atoms with Crippen molar-refractivity contribution in [3.8, 4) is 0 Å². The minimum absolute atomic E-state index is 0.0574. The predicted octanol–water partition coefficient (Wildman–Crippen LogP) is 2.06. The number of aliphatic carboxylic acids is 2. The molecule has 0 spiro atoms. The zero-order valence-electron chi connectivity index (χ0n) is 9.16. The van der Waals surface area contributed by atoms with Gasteiger partial charge in [0.2, 0.25) is 0 Å². The van der Waals surface area contributed by atoms with Crippen molar-refractivity contribution in [1.29, 1.82) is 0 Å². The molecule has 18 heavy (non-hydrogen) atoms. The van der Waals surface area contributed by atoms with Gasteiger partial charge in [-0.1, -0.05) is 17.8 Å². The molecule has 7 heteroatoms. The van der Waals surface area contributed by atoms with Crippen molar-refractivity contribution in [2.75, 3.05) is 5.32 Å². The maximum absolute atomic E-state index is 11.1. The van der Waals surface area contributed by atoms with Crippen LogP contribution in [0.4, 0.5) is 5.69 Å². The summed E-state index contributed by atoms with van der Waals surface area (Å²) in [6.45, 7) is 0. The van der Waals surface area contributed by atoms with Crippen LogP contribution in [0.5, 0.6) is 0 Å². The van der Waals surface area contributed by atoms with Crippen molar-refractivity contribution < 1.29 is 19.8 Å². The highest BCUT2D eigenvalue weighted by Gasteiger charge is 2.26. The van der Waals surface area contributed by atoms with E-state index in [4.69, 9.17) is 10.2 Å². The van der Waals surface area contributed by atoms with Gasteiger partial charge >= 0.3 is 11.9 Å². The van der Waals surface area contributed by atoms with Crippen LogP contribution in [-0.4, -0.2) is 26.9 Å². The van der Waals surface area contributed by atoms with E-state index in [-0.39, 0.29) is 4.71 Å². The van der Waals surface area contributed by atoms with Crippen LogP contribution >= 0.6 is 24.4 Å². The van der Waals surface area contributed by atoms with Gasteiger partial charge in [-0.25, -0.2) is 0 Å². The molecular weight excluding hydrogens is 274 g/mol. The molecule has 1 aromatic carbocycles. The van der Waals surface area contributed by atoms with Crippen LogP contribution < -0.4 is 5.32 Å². The van der Waals surface area contributed by atoms with E-state index in [2.05, 4.69) is 17.9 Å². The van der Waals surface area contributed by atoms with Crippen molar-refractivity contribution in [2.45, 2.75) is 21.9 Å². The number of thioether (sulfide) groups is 1. The molecule has 0 aliphatic carbocycles. The minimum atomic E-state index is -1.13. The number of carbonyl (C=O) groups is 2. The first kappa shape index (κ1) is 13.1. The van der Waals surface area contributed by atoms with Gasteiger partial charge in [0.1, 0.15) is 4.71 Å². The highest BCUT2D eigenvalue weighted by molar-refractivity contribution is 8.10. The topological polar surface area (TPSA) is 86.6 Å². The Morgan fingerprint density at radius 3 is 2.78 bits per heavy atom. The molecule has 0 fully saturated rings. The van der Waals surface area contributed by atoms with Crippen LogP contribution in [-0.2, 0) is 9.59 Å². The lowest BCUT2D eigenvalue weighted by molar-refractivity contribution is -0.145. The smallest absolute Gasteiger partial charge is 0.311 e. The van der Waals surface area contributed by atoms with E-state index in [1.165, 1.54) is 11.8 Å². The van der Waals surface area contributed by atoms with Crippen LogP contribution in [0, 0.1) is 0 Å². The summed E-state index contributed by atoms with van der Waals surface area (Å²) in [5.41, 5.74) is 1.29. The van der Waals surface area contributed by atoms with Crippen LogP contribution in [0.3, 0.4) is 0 Å². The van der Waals surface area contributed by atoms with Crippen LogP contribution in [0.2, 0.25) is 0 Å². The maximum Gasteiger partial charge on any atom is 0.311 e. The summed E-state index contributed by atoms with van der Waals surface area (Å²) < 4.78 is -0.0574. The lowest BCUT2D eigenvalue weighted by Crippen LogP contribution is -2.16. The molecular formula is C11H11NO4S2. The number of carboxylic acid groups (broad SMARTS) is 2. The molecule has 1 heterocycles. The number of fused-ring (bicyclic) bond motifs is 1. The number of hydrogen-bond acceptors (Lipinski definition) is 5. The Morgan fingerprint density at radius 2 is 2.17 bits per heavy atom. The quantitative estimate of drug-likeness (QED) is 0.634. The summed E-state index contributed by atoms with van der Waals surface area (Å²) in [6, 6.07) is 5.12. The van der Waals surface area contributed by atoms with Gasteiger partial charge < -0.3 is 15.5 Å². The molecule has 0 bridgehead atoms. The number of anilines is 1. The number of nitrogens with one attached hydrogen (secondary N) is 1. The third-order valence-corrected chi connectivity index (χ3v) is 4.00. The van der Waals surface area contributed by atoms with E-state index in [0.29, 0.717) is 5.56 Å². The average Bonchev–Trinajstić information content (AvgIpc) is 2.64. The Hall–Kier alpha value is -1.34. The molecule has 2 rings (SSSR count). The first-order valence-electron chi connectivity index (χ1n) is 5.17. The van der Waals surface area contributed by atoms with Gasteiger partial charge in [-0.3, -0.25) is 9.59 Å². The first-order valence-corrected chi connectivity index (χ1v) is 6.57. The summed E-state index contributed by atoms with van der Waals surface area (Å²) in [7, 11) is 0. The highest BCUT2D eigenvalue weighted by atomic mass is 32.2. The number of rotatable bonds is 4. The molecule has 0 saturated heterocycles. The van der Waals surface area contributed by atoms with Crippen LogP contribution in [0.25, 0.3) is 0 Å². The van der Waals surface area contributed by atoms with E-state index in [1.54, 1.807) is 18.2 Å². The Kier molecular flexibility index (Phi) is 3.72. The number of carboxylic acids is 2. The van der Waals surface area contributed by atoms with Gasteiger partial charge in [0, 0.05) is 10.6 Å². The fourth-order valence-corrected chi connectivity index (χ4v) is 3.08. The molecule has 0 saturated carbocycles. The second-order valence-electron chi connectivity index (χ2n) is 3.86. The predicted molar refractivity (Wildman–Crippen MR) is 71.3 cm³/mol. The Morgan fingerprint density at radius 1 is 1.44 bits per heavy atom. The molecule has 96 valence electrons. The van der Waals surface area contributed by atoms with Crippen LogP contribution in [0.15, 0.2) is 23.1 Å². The Bertz CT molecular complexity index is 506. The van der Waals surface area contributed by atoms with Gasteiger partial charge in [-0.2, -0.15) is 0 Å². The van der Waals surface area contributed by atoms with Gasteiger partial charge in [0.05, 0.1) is 12.3 Å². The molecule has 0 amide bonds. The largest absolute Gasteiger partial charge is 0.481 e. The lowest BCUT2D eigenvalue weighted by Gasteiger charge is -2.11. The van der Waals surface area contributed by atoms with Crippen molar-refractivity contribution in [2.24, 2.45) is 0 Å². The summed E-state index contributed by atoms with van der Waals surface area (Å²) in [5, 5.41) is 20.9. The Balaban J connectivity index is 2.29. The summed E-state index contributed by atoms with van der Waals surface area (Å²) in [6.07, 6.45) is -0.425. The number of hydrogen-bond donors (Lipinski definition) is 4. The third-order valence-electron chi connectivity index (χ3n) is 2.60. The molecule has 1 aromatic rings. The highest BCUT2D eigenvalue weighted by Crippen LogP contribution is 2.41. The molecule has 0 aromatic heterocycles. The van der Waals surface area contributed by atoms with E-state index >= 15 is 0 Å². The molecule has 3 N–H and O–H groups in total. The molecule has 0 radical (unpaired) electrons. The van der Waals surface area contributed by atoms with E-state index in [0.717, 1.165) is 10.6 Å². The zero-order chi connectivity index (χ0) is 13.3. The fourth-order valence-electron chi connectivity index (χ4n) is 1.79. The molecule has 0 unspecified atom stereocenters. The van der Waals surface area contributed by atoms with E-state index in [9.17, 15) is 9.59 Å². The van der Waals surface area contributed by atoms with Crippen molar-refractivity contribution >= 4 is 42.0 Å². The number of benzene rings is 1.